The molecule has 1 N–H and O–H groups in total. The summed E-state index contributed by atoms with van der Waals surface area (Å²) in [5, 5.41) is 5.41. The molecule has 1 aliphatic heterocycles. The van der Waals surface area contributed by atoms with Gasteiger partial charge in [-0.15, -0.1) is 11.3 Å². The van der Waals surface area contributed by atoms with E-state index in [4.69, 9.17) is 0 Å². The van der Waals surface area contributed by atoms with Crippen molar-refractivity contribution < 1.29 is 4.39 Å². The minimum atomic E-state index is -0.112. The Morgan fingerprint density at radius 2 is 1.89 bits per heavy atom. The molecule has 2 aromatic rings. The largest absolute Gasteiger partial charge is 0.314 e. The molecule has 1 aromatic heterocycles. The average Bonchev–Trinajstić information content (AvgIpc) is 2.96. The molecule has 1 aromatic carbocycles. The number of benzene rings is 1. The van der Waals surface area contributed by atoms with Gasteiger partial charge in [-0.1, -0.05) is 24.3 Å². The molecule has 1 atom stereocenters. The Hall–Kier alpha value is -1.23. The average molecular weight is 276 g/mol. The zero-order valence-electron chi connectivity index (χ0n) is 10.7. The molecule has 100 valence electrons. The maximum atomic E-state index is 14.1. The Bertz CT molecular complexity index is 521. The van der Waals surface area contributed by atoms with Gasteiger partial charge in [0.2, 0.25) is 0 Å². The van der Waals surface area contributed by atoms with E-state index in [0.717, 1.165) is 31.7 Å². The van der Waals surface area contributed by atoms with Crippen LogP contribution in [-0.4, -0.2) is 31.1 Å². The smallest absolute Gasteiger partial charge is 0.128 e. The summed E-state index contributed by atoms with van der Waals surface area (Å²) < 4.78 is 14.1. The van der Waals surface area contributed by atoms with E-state index in [1.807, 2.05) is 18.2 Å². The van der Waals surface area contributed by atoms with Gasteiger partial charge in [0, 0.05) is 36.6 Å². The Kier molecular flexibility index (Phi) is 3.92. The van der Waals surface area contributed by atoms with E-state index < -0.39 is 0 Å². The van der Waals surface area contributed by atoms with Crippen molar-refractivity contribution in [2.45, 2.75) is 6.04 Å². The van der Waals surface area contributed by atoms with Crippen LogP contribution in [0.25, 0.3) is 0 Å². The molecule has 1 fully saturated rings. The summed E-state index contributed by atoms with van der Waals surface area (Å²) in [4.78, 5) is 3.58. The van der Waals surface area contributed by atoms with E-state index in [9.17, 15) is 4.39 Å². The SMILES string of the molecule is Fc1ccccc1C(c1cccs1)N1CCNCC1. The van der Waals surface area contributed by atoms with Crippen molar-refractivity contribution in [2.24, 2.45) is 0 Å². The minimum absolute atomic E-state index is 0.0447. The number of halogens is 1. The summed E-state index contributed by atoms with van der Waals surface area (Å²) in [5.41, 5.74) is 0.784. The molecule has 1 aliphatic rings. The van der Waals surface area contributed by atoms with Gasteiger partial charge in [0.25, 0.3) is 0 Å². The second-order valence-corrected chi connectivity index (χ2v) is 5.70. The number of nitrogens with zero attached hydrogens (tertiary/aromatic N) is 1. The monoisotopic (exact) mass is 276 g/mol. The van der Waals surface area contributed by atoms with E-state index in [1.165, 1.54) is 4.88 Å². The van der Waals surface area contributed by atoms with Crippen LogP contribution in [0.4, 0.5) is 4.39 Å². The summed E-state index contributed by atoms with van der Waals surface area (Å²) >= 11 is 1.70. The predicted octanol–water partition coefficient (Wildman–Crippen LogP) is 2.88. The van der Waals surface area contributed by atoms with Crippen LogP contribution in [0.5, 0.6) is 0 Å². The second kappa shape index (κ2) is 5.82. The van der Waals surface area contributed by atoms with Crippen molar-refractivity contribution in [1.82, 2.24) is 10.2 Å². The van der Waals surface area contributed by atoms with Crippen LogP contribution in [0.2, 0.25) is 0 Å². The van der Waals surface area contributed by atoms with Gasteiger partial charge in [0.15, 0.2) is 0 Å². The van der Waals surface area contributed by atoms with Crippen LogP contribution in [0.1, 0.15) is 16.5 Å². The zero-order valence-corrected chi connectivity index (χ0v) is 11.5. The molecular formula is C15H17FN2S. The Balaban J connectivity index is 1.99. The minimum Gasteiger partial charge on any atom is -0.314 e. The second-order valence-electron chi connectivity index (χ2n) is 4.73. The third-order valence-electron chi connectivity index (χ3n) is 3.53. The Labute approximate surface area is 116 Å². The summed E-state index contributed by atoms with van der Waals surface area (Å²) in [6.07, 6.45) is 0. The summed E-state index contributed by atoms with van der Waals surface area (Å²) in [5.74, 6) is -0.112. The van der Waals surface area contributed by atoms with E-state index in [1.54, 1.807) is 23.5 Å². The maximum Gasteiger partial charge on any atom is 0.128 e. The van der Waals surface area contributed by atoms with Crippen LogP contribution in [0.15, 0.2) is 41.8 Å². The summed E-state index contributed by atoms with van der Waals surface area (Å²) in [7, 11) is 0. The molecular weight excluding hydrogens is 259 g/mol. The van der Waals surface area contributed by atoms with Crippen LogP contribution >= 0.6 is 11.3 Å². The first kappa shape index (κ1) is 12.8. The molecule has 1 unspecified atom stereocenters. The standard InChI is InChI=1S/C15H17FN2S/c16-13-5-2-1-4-12(13)15(14-6-3-11-19-14)18-9-7-17-8-10-18/h1-6,11,15,17H,7-10H2. The fourth-order valence-corrected chi connectivity index (χ4v) is 3.49. The number of thiophene rings is 1. The first-order valence-electron chi connectivity index (χ1n) is 6.59. The number of rotatable bonds is 3. The Morgan fingerprint density at radius 3 is 2.58 bits per heavy atom. The van der Waals surface area contributed by atoms with E-state index in [0.29, 0.717) is 0 Å². The lowest BCUT2D eigenvalue weighted by atomic mass is 10.0. The molecule has 0 bridgehead atoms. The van der Waals surface area contributed by atoms with Crippen molar-refractivity contribution in [3.8, 4) is 0 Å². The first-order chi connectivity index (χ1) is 9.36. The molecule has 0 aliphatic carbocycles. The van der Waals surface area contributed by atoms with Crippen molar-refractivity contribution in [3.05, 3.63) is 58.0 Å². The molecule has 19 heavy (non-hydrogen) atoms. The molecule has 3 rings (SSSR count). The van der Waals surface area contributed by atoms with Gasteiger partial charge < -0.3 is 5.32 Å². The van der Waals surface area contributed by atoms with Gasteiger partial charge in [-0.3, -0.25) is 4.90 Å². The molecule has 0 saturated carbocycles. The van der Waals surface area contributed by atoms with E-state index in [-0.39, 0.29) is 11.9 Å². The first-order valence-corrected chi connectivity index (χ1v) is 7.47. The molecule has 0 radical (unpaired) electrons. The molecule has 4 heteroatoms. The van der Waals surface area contributed by atoms with Crippen LogP contribution in [0, 0.1) is 5.82 Å². The molecule has 2 nitrogen and oxygen atoms in total. The quantitative estimate of drug-likeness (QED) is 0.927. The van der Waals surface area contributed by atoms with Crippen molar-refractivity contribution in [3.63, 3.8) is 0 Å². The van der Waals surface area contributed by atoms with Crippen molar-refractivity contribution in [2.75, 3.05) is 26.2 Å². The fourth-order valence-electron chi connectivity index (χ4n) is 2.61. The molecule has 1 saturated heterocycles. The van der Waals surface area contributed by atoms with Gasteiger partial charge in [-0.2, -0.15) is 0 Å². The van der Waals surface area contributed by atoms with E-state index >= 15 is 0 Å². The van der Waals surface area contributed by atoms with Crippen molar-refractivity contribution >= 4 is 11.3 Å². The third-order valence-corrected chi connectivity index (χ3v) is 4.45. The lowest BCUT2D eigenvalue weighted by molar-refractivity contribution is 0.197. The highest BCUT2D eigenvalue weighted by Crippen LogP contribution is 2.33. The van der Waals surface area contributed by atoms with Crippen molar-refractivity contribution in [1.29, 1.82) is 0 Å². The topological polar surface area (TPSA) is 15.3 Å². The highest BCUT2D eigenvalue weighted by Gasteiger charge is 2.26. The summed E-state index contributed by atoms with van der Waals surface area (Å²) in [6, 6.07) is 11.3. The highest BCUT2D eigenvalue weighted by molar-refractivity contribution is 7.10. The van der Waals surface area contributed by atoms with Gasteiger partial charge in [0.1, 0.15) is 5.82 Å². The molecule has 2 heterocycles. The number of hydrogen-bond donors (Lipinski definition) is 1. The van der Waals surface area contributed by atoms with E-state index in [2.05, 4.69) is 21.7 Å². The predicted molar refractivity (Wildman–Crippen MR) is 77.0 cm³/mol. The lowest BCUT2D eigenvalue weighted by Gasteiger charge is -2.34. The number of nitrogens with one attached hydrogen (secondary N) is 1. The van der Waals surface area contributed by atoms with Crippen LogP contribution in [0.3, 0.4) is 0 Å². The van der Waals surface area contributed by atoms with Gasteiger partial charge in [0.05, 0.1) is 6.04 Å². The highest BCUT2D eigenvalue weighted by atomic mass is 32.1. The van der Waals surface area contributed by atoms with Gasteiger partial charge in [-0.05, 0) is 17.5 Å². The van der Waals surface area contributed by atoms with Crippen LogP contribution < -0.4 is 5.32 Å². The zero-order chi connectivity index (χ0) is 13.1. The third kappa shape index (κ3) is 2.71. The normalized spacial score (nSPS) is 18.4. The Morgan fingerprint density at radius 1 is 1.11 bits per heavy atom. The number of hydrogen-bond acceptors (Lipinski definition) is 3. The molecule has 0 spiro atoms. The maximum absolute atomic E-state index is 14.1. The fraction of sp³-hybridized carbons (Fsp3) is 0.333. The lowest BCUT2D eigenvalue weighted by Crippen LogP contribution is -2.45. The van der Waals surface area contributed by atoms with Crippen LogP contribution in [-0.2, 0) is 0 Å². The number of piperazine rings is 1. The molecule has 0 amide bonds. The summed E-state index contributed by atoms with van der Waals surface area (Å²) in [6.45, 7) is 3.85. The van der Waals surface area contributed by atoms with Gasteiger partial charge >= 0.3 is 0 Å². The van der Waals surface area contributed by atoms with Gasteiger partial charge in [-0.25, -0.2) is 4.39 Å².